The van der Waals surface area contributed by atoms with Gasteiger partial charge in [-0.25, -0.2) is 8.42 Å². The Morgan fingerprint density at radius 3 is 2.32 bits per heavy atom. The minimum Gasteiger partial charge on any atom is -0.491 e. The molecule has 3 aromatic rings. The number of anilines is 1. The first kappa shape index (κ1) is 25.4. The molecule has 0 aliphatic rings. The van der Waals surface area contributed by atoms with Gasteiger partial charge in [0.05, 0.1) is 11.3 Å². The standard InChI is InChI=1S/C24H23BrN2O6S/c1-16-3-2-4-20(13-16)33-15-22(27-34(31,32)21-11-7-18(25)8-12-21)24(30)26-19-9-5-17(6-10-19)14-23(28)29/h2-13,22,27H,14-15H2,1H3,(H,26,30)(H,28,29). The van der Waals surface area contributed by atoms with Gasteiger partial charge in [0.25, 0.3) is 0 Å². The van der Waals surface area contributed by atoms with Crippen LogP contribution in [0, 0.1) is 6.92 Å². The van der Waals surface area contributed by atoms with Crippen LogP contribution in [0.4, 0.5) is 5.69 Å². The van der Waals surface area contributed by atoms with Crippen molar-refractivity contribution in [3.05, 3.63) is 88.4 Å². The van der Waals surface area contributed by atoms with Crippen molar-refractivity contribution in [2.75, 3.05) is 11.9 Å². The lowest BCUT2D eigenvalue weighted by atomic mass is 10.1. The fourth-order valence-corrected chi connectivity index (χ4v) is 4.47. The maximum atomic E-state index is 13.0. The molecule has 3 N–H and O–H groups in total. The first-order valence-electron chi connectivity index (χ1n) is 10.2. The van der Waals surface area contributed by atoms with Gasteiger partial charge in [0, 0.05) is 10.2 Å². The Kier molecular flexibility index (Phi) is 8.43. The van der Waals surface area contributed by atoms with Gasteiger partial charge in [-0.05, 0) is 66.6 Å². The molecule has 0 fully saturated rings. The van der Waals surface area contributed by atoms with Crippen molar-refractivity contribution in [1.29, 1.82) is 0 Å². The third kappa shape index (κ3) is 7.41. The quantitative estimate of drug-likeness (QED) is 0.356. The number of amides is 1. The fourth-order valence-electron chi connectivity index (χ4n) is 3.03. The normalized spacial score (nSPS) is 12.1. The summed E-state index contributed by atoms with van der Waals surface area (Å²) in [5, 5.41) is 11.5. The Balaban J connectivity index is 1.78. The minimum absolute atomic E-state index is 0.00193. The van der Waals surface area contributed by atoms with Crippen LogP contribution in [0.3, 0.4) is 0 Å². The Morgan fingerprint density at radius 1 is 1.03 bits per heavy atom. The van der Waals surface area contributed by atoms with Gasteiger partial charge in [0.1, 0.15) is 18.4 Å². The van der Waals surface area contributed by atoms with E-state index in [1.807, 2.05) is 13.0 Å². The molecule has 0 aromatic heterocycles. The van der Waals surface area contributed by atoms with E-state index in [0.717, 1.165) is 10.0 Å². The lowest BCUT2D eigenvalue weighted by Gasteiger charge is -2.19. The molecule has 178 valence electrons. The maximum Gasteiger partial charge on any atom is 0.307 e. The number of aryl methyl sites for hydroxylation is 1. The van der Waals surface area contributed by atoms with E-state index >= 15 is 0 Å². The van der Waals surface area contributed by atoms with Gasteiger partial charge in [-0.1, -0.05) is 40.2 Å². The van der Waals surface area contributed by atoms with Crippen LogP contribution in [0.2, 0.25) is 0 Å². The second kappa shape index (κ2) is 11.3. The van der Waals surface area contributed by atoms with Crippen molar-refractivity contribution in [2.45, 2.75) is 24.3 Å². The zero-order valence-corrected chi connectivity index (χ0v) is 20.6. The number of aliphatic carboxylic acids is 1. The summed E-state index contributed by atoms with van der Waals surface area (Å²) in [6.07, 6.45) is -0.145. The second-order valence-corrected chi connectivity index (χ2v) is 10.1. The van der Waals surface area contributed by atoms with Crippen LogP contribution in [0.5, 0.6) is 5.75 Å². The zero-order valence-electron chi connectivity index (χ0n) is 18.2. The Hall–Kier alpha value is -3.21. The number of halogens is 1. The molecule has 1 atom stereocenters. The Labute approximate surface area is 206 Å². The first-order chi connectivity index (χ1) is 16.1. The fraction of sp³-hybridized carbons (Fsp3) is 0.167. The van der Waals surface area contributed by atoms with Crippen molar-refractivity contribution in [1.82, 2.24) is 4.72 Å². The lowest BCUT2D eigenvalue weighted by Crippen LogP contribution is -2.47. The van der Waals surface area contributed by atoms with Crippen molar-refractivity contribution in [3.8, 4) is 5.75 Å². The summed E-state index contributed by atoms with van der Waals surface area (Å²) in [7, 11) is -4.02. The van der Waals surface area contributed by atoms with Crippen LogP contribution in [0.25, 0.3) is 0 Å². The molecule has 0 aliphatic carbocycles. The van der Waals surface area contributed by atoms with Gasteiger partial charge < -0.3 is 15.2 Å². The summed E-state index contributed by atoms with van der Waals surface area (Å²) in [6, 6.07) is 18.2. The number of ether oxygens (including phenoxy) is 1. The van der Waals surface area contributed by atoms with E-state index in [1.165, 1.54) is 12.1 Å². The third-order valence-electron chi connectivity index (χ3n) is 4.72. The number of nitrogens with one attached hydrogen (secondary N) is 2. The SMILES string of the molecule is Cc1cccc(OCC(NS(=O)(=O)c2ccc(Br)cc2)C(=O)Nc2ccc(CC(=O)O)cc2)c1. The highest BCUT2D eigenvalue weighted by molar-refractivity contribution is 9.10. The van der Waals surface area contributed by atoms with Gasteiger partial charge in [-0.15, -0.1) is 0 Å². The van der Waals surface area contributed by atoms with E-state index < -0.39 is 27.9 Å². The lowest BCUT2D eigenvalue weighted by molar-refractivity contribution is -0.136. The number of hydrogen-bond donors (Lipinski definition) is 3. The summed E-state index contributed by atoms with van der Waals surface area (Å²) >= 11 is 3.27. The summed E-state index contributed by atoms with van der Waals surface area (Å²) in [5.41, 5.74) is 1.92. The summed E-state index contributed by atoms with van der Waals surface area (Å²) < 4.78 is 34.7. The van der Waals surface area contributed by atoms with Crippen LogP contribution in [-0.4, -0.2) is 38.0 Å². The van der Waals surface area contributed by atoms with Crippen LogP contribution in [-0.2, 0) is 26.0 Å². The largest absolute Gasteiger partial charge is 0.491 e. The molecule has 0 saturated heterocycles. The monoisotopic (exact) mass is 546 g/mol. The highest BCUT2D eigenvalue weighted by Crippen LogP contribution is 2.17. The molecule has 8 nitrogen and oxygen atoms in total. The number of carboxylic acid groups (broad SMARTS) is 1. The van der Waals surface area contributed by atoms with Crippen LogP contribution >= 0.6 is 15.9 Å². The highest BCUT2D eigenvalue weighted by Gasteiger charge is 2.27. The van der Waals surface area contributed by atoms with E-state index in [9.17, 15) is 18.0 Å². The number of benzene rings is 3. The molecule has 1 amide bonds. The molecular weight excluding hydrogens is 524 g/mol. The van der Waals surface area contributed by atoms with Gasteiger partial charge in [0.2, 0.25) is 15.9 Å². The molecule has 0 spiro atoms. The molecule has 3 aromatic carbocycles. The van der Waals surface area contributed by atoms with Crippen molar-refractivity contribution >= 4 is 43.5 Å². The van der Waals surface area contributed by atoms with E-state index in [4.69, 9.17) is 9.84 Å². The highest BCUT2D eigenvalue weighted by atomic mass is 79.9. The van der Waals surface area contributed by atoms with E-state index in [0.29, 0.717) is 17.0 Å². The maximum absolute atomic E-state index is 13.0. The number of carbonyl (C=O) groups excluding carboxylic acids is 1. The average molecular weight is 547 g/mol. The Morgan fingerprint density at radius 2 is 1.71 bits per heavy atom. The number of rotatable bonds is 10. The van der Waals surface area contributed by atoms with Crippen molar-refractivity contribution in [2.24, 2.45) is 0 Å². The number of hydrogen-bond acceptors (Lipinski definition) is 5. The second-order valence-electron chi connectivity index (χ2n) is 7.51. The van der Waals surface area contributed by atoms with Gasteiger partial charge in [0.15, 0.2) is 0 Å². The molecule has 0 bridgehead atoms. The molecule has 0 radical (unpaired) electrons. The smallest absolute Gasteiger partial charge is 0.307 e. The predicted molar refractivity (Wildman–Crippen MR) is 131 cm³/mol. The number of carboxylic acids is 1. The number of carbonyl (C=O) groups is 2. The minimum atomic E-state index is -4.02. The third-order valence-corrected chi connectivity index (χ3v) is 6.74. The molecule has 3 rings (SSSR count). The van der Waals surface area contributed by atoms with E-state index in [2.05, 4.69) is 26.0 Å². The van der Waals surface area contributed by atoms with Gasteiger partial charge >= 0.3 is 5.97 Å². The topological polar surface area (TPSA) is 122 Å². The molecule has 34 heavy (non-hydrogen) atoms. The average Bonchev–Trinajstić information content (AvgIpc) is 2.78. The van der Waals surface area contributed by atoms with Crippen LogP contribution in [0.1, 0.15) is 11.1 Å². The van der Waals surface area contributed by atoms with E-state index in [1.54, 1.807) is 54.6 Å². The zero-order chi connectivity index (χ0) is 24.7. The van der Waals surface area contributed by atoms with Crippen molar-refractivity contribution in [3.63, 3.8) is 0 Å². The van der Waals surface area contributed by atoms with Gasteiger partial charge in [-0.2, -0.15) is 4.72 Å². The number of sulfonamides is 1. The van der Waals surface area contributed by atoms with Gasteiger partial charge in [-0.3, -0.25) is 9.59 Å². The summed E-state index contributed by atoms with van der Waals surface area (Å²) in [6.45, 7) is 1.64. The molecule has 0 saturated carbocycles. The molecular formula is C24H23BrN2O6S. The van der Waals surface area contributed by atoms with Crippen LogP contribution < -0.4 is 14.8 Å². The first-order valence-corrected chi connectivity index (χ1v) is 12.5. The van der Waals surface area contributed by atoms with Crippen LogP contribution in [0.15, 0.2) is 82.2 Å². The summed E-state index contributed by atoms with van der Waals surface area (Å²) in [5.74, 6) is -1.09. The molecule has 0 heterocycles. The molecule has 1 unspecified atom stereocenters. The van der Waals surface area contributed by atoms with Crippen molar-refractivity contribution < 1.29 is 27.9 Å². The predicted octanol–water partition coefficient (Wildman–Crippen LogP) is 3.75. The van der Waals surface area contributed by atoms with E-state index in [-0.39, 0.29) is 17.9 Å². The summed E-state index contributed by atoms with van der Waals surface area (Å²) in [4.78, 5) is 23.9. The molecule has 10 heteroatoms. The Bertz CT molecular complexity index is 1260. The molecule has 0 aliphatic heterocycles.